The number of benzene rings is 1. The number of carboxylic acids is 1. The van der Waals surface area contributed by atoms with Gasteiger partial charge in [-0.25, -0.2) is 4.79 Å². The van der Waals surface area contributed by atoms with Gasteiger partial charge in [-0.15, -0.1) is 0 Å². The van der Waals surface area contributed by atoms with E-state index in [4.69, 9.17) is 16.3 Å². The molecule has 2 rings (SSSR count). The first-order chi connectivity index (χ1) is 9.93. The Morgan fingerprint density at radius 2 is 2.14 bits per heavy atom. The summed E-state index contributed by atoms with van der Waals surface area (Å²) in [6.07, 6.45) is 0. The molecule has 0 aliphatic rings. The first-order valence-corrected chi connectivity index (χ1v) is 7.00. The van der Waals surface area contributed by atoms with Crippen molar-refractivity contribution in [3.05, 3.63) is 45.7 Å². The molecule has 21 heavy (non-hydrogen) atoms. The number of hydrogen-bond acceptors (Lipinski definition) is 3. The second-order valence-electron chi connectivity index (χ2n) is 4.76. The van der Waals surface area contributed by atoms with E-state index in [1.54, 1.807) is 16.8 Å². The van der Waals surface area contributed by atoms with Gasteiger partial charge in [0.05, 0.1) is 16.4 Å². The van der Waals surface area contributed by atoms with Gasteiger partial charge in [0, 0.05) is 6.54 Å². The summed E-state index contributed by atoms with van der Waals surface area (Å²) in [5.74, 6) is -0.684. The lowest BCUT2D eigenvalue weighted by Gasteiger charge is -2.11. The van der Waals surface area contributed by atoms with Crippen LogP contribution in [0.15, 0.2) is 18.2 Å². The Hall–Kier alpha value is -2.01. The van der Waals surface area contributed by atoms with Gasteiger partial charge in [0.15, 0.2) is 0 Å². The van der Waals surface area contributed by atoms with Crippen LogP contribution in [0.2, 0.25) is 5.02 Å². The van der Waals surface area contributed by atoms with Crippen LogP contribution in [0.4, 0.5) is 0 Å². The lowest BCUT2D eigenvalue weighted by molar-refractivity contribution is 0.0691. The molecule has 0 fully saturated rings. The van der Waals surface area contributed by atoms with Crippen LogP contribution in [-0.4, -0.2) is 20.9 Å². The molecule has 112 valence electrons. The van der Waals surface area contributed by atoms with Crippen LogP contribution in [0.25, 0.3) is 0 Å². The summed E-state index contributed by atoms with van der Waals surface area (Å²) in [7, 11) is 0. The van der Waals surface area contributed by atoms with E-state index in [2.05, 4.69) is 5.10 Å². The lowest BCUT2D eigenvalue weighted by Crippen LogP contribution is -2.08. The minimum Gasteiger partial charge on any atom is -0.486 e. The summed E-state index contributed by atoms with van der Waals surface area (Å²) < 4.78 is 7.43. The van der Waals surface area contributed by atoms with Crippen molar-refractivity contribution in [1.29, 1.82) is 0 Å². The van der Waals surface area contributed by atoms with Crippen molar-refractivity contribution in [2.75, 3.05) is 0 Å². The normalized spacial score (nSPS) is 10.7. The molecule has 0 saturated heterocycles. The molecule has 1 heterocycles. The third-order valence-electron chi connectivity index (χ3n) is 3.18. The average molecular weight is 309 g/mol. The van der Waals surface area contributed by atoms with Crippen LogP contribution >= 0.6 is 11.6 Å². The van der Waals surface area contributed by atoms with Gasteiger partial charge in [-0.2, -0.15) is 5.10 Å². The predicted octanol–water partition coefficient (Wildman–Crippen LogP) is 3.45. The van der Waals surface area contributed by atoms with Gasteiger partial charge in [0.2, 0.25) is 0 Å². The van der Waals surface area contributed by atoms with Crippen LogP contribution < -0.4 is 4.74 Å². The van der Waals surface area contributed by atoms with Gasteiger partial charge < -0.3 is 9.84 Å². The van der Waals surface area contributed by atoms with Crippen LogP contribution in [0.5, 0.6) is 5.75 Å². The van der Waals surface area contributed by atoms with Crippen molar-refractivity contribution in [1.82, 2.24) is 9.78 Å². The first kappa shape index (κ1) is 15.4. The smallest absolute Gasteiger partial charge is 0.339 e. The molecule has 0 saturated carbocycles. The highest BCUT2D eigenvalue weighted by Gasteiger charge is 2.16. The molecule has 1 aromatic heterocycles. The maximum atomic E-state index is 11.2. The van der Waals surface area contributed by atoms with E-state index >= 15 is 0 Å². The highest BCUT2D eigenvalue weighted by atomic mass is 35.5. The van der Waals surface area contributed by atoms with Crippen molar-refractivity contribution in [3.8, 4) is 5.75 Å². The van der Waals surface area contributed by atoms with E-state index in [0.29, 0.717) is 17.3 Å². The number of aromatic carboxylic acids is 1. The number of rotatable bonds is 5. The van der Waals surface area contributed by atoms with Gasteiger partial charge in [0.25, 0.3) is 0 Å². The fourth-order valence-electron chi connectivity index (χ4n) is 2.08. The van der Waals surface area contributed by atoms with Crippen LogP contribution in [0.3, 0.4) is 0 Å². The largest absolute Gasteiger partial charge is 0.486 e. The summed E-state index contributed by atoms with van der Waals surface area (Å²) in [5, 5.41) is 14.1. The van der Waals surface area contributed by atoms with E-state index in [-0.39, 0.29) is 12.2 Å². The Balaban J connectivity index is 2.28. The predicted molar refractivity (Wildman–Crippen MR) is 80.1 cm³/mol. The zero-order valence-electron chi connectivity index (χ0n) is 12.2. The molecule has 0 aliphatic carbocycles. The van der Waals surface area contributed by atoms with E-state index in [9.17, 15) is 9.90 Å². The SMILES string of the molecule is CCn1nc(C)c(Cl)c1COc1cc(C)ccc1C(=O)O. The topological polar surface area (TPSA) is 64.4 Å². The summed E-state index contributed by atoms with van der Waals surface area (Å²) >= 11 is 6.21. The number of ether oxygens (including phenoxy) is 1. The van der Waals surface area contributed by atoms with Crippen molar-refractivity contribution < 1.29 is 14.6 Å². The number of carbonyl (C=O) groups is 1. The first-order valence-electron chi connectivity index (χ1n) is 6.62. The summed E-state index contributed by atoms with van der Waals surface area (Å²) in [6, 6.07) is 4.98. The number of aryl methyl sites for hydroxylation is 3. The molecular weight excluding hydrogens is 292 g/mol. The van der Waals surface area contributed by atoms with Crippen molar-refractivity contribution in [2.24, 2.45) is 0 Å². The quantitative estimate of drug-likeness (QED) is 0.919. The van der Waals surface area contributed by atoms with E-state index < -0.39 is 5.97 Å². The Kier molecular flexibility index (Phi) is 4.53. The number of aromatic nitrogens is 2. The molecule has 1 aromatic carbocycles. The van der Waals surface area contributed by atoms with Crippen LogP contribution in [-0.2, 0) is 13.2 Å². The number of carboxylic acid groups (broad SMARTS) is 1. The van der Waals surface area contributed by atoms with Gasteiger partial charge in [0.1, 0.15) is 17.9 Å². The Morgan fingerprint density at radius 1 is 1.43 bits per heavy atom. The van der Waals surface area contributed by atoms with E-state index in [1.807, 2.05) is 20.8 Å². The molecule has 0 spiro atoms. The standard InChI is InChI=1S/C15H17ClN2O3/c1-4-18-12(14(16)10(3)17-18)8-21-13-7-9(2)5-6-11(13)15(19)20/h5-7H,4,8H2,1-3H3,(H,19,20). The molecule has 2 aromatic rings. The zero-order valence-corrected chi connectivity index (χ0v) is 12.9. The maximum absolute atomic E-state index is 11.2. The maximum Gasteiger partial charge on any atom is 0.339 e. The fourth-order valence-corrected chi connectivity index (χ4v) is 2.27. The number of nitrogens with zero attached hydrogens (tertiary/aromatic N) is 2. The highest BCUT2D eigenvalue weighted by molar-refractivity contribution is 6.31. The molecule has 0 bridgehead atoms. The van der Waals surface area contributed by atoms with Gasteiger partial charge >= 0.3 is 5.97 Å². The monoisotopic (exact) mass is 308 g/mol. The van der Waals surface area contributed by atoms with Crippen LogP contribution in [0.1, 0.15) is 34.2 Å². The molecule has 1 N–H and O–H groups in total. The summed E-state index contributed by atoms with van der Waals surface area (Å²) in [5.41, 5.74) is 2.55. The summed E-state index contributed by atoms with van der Waals surface area (Å²) in [4.78, 5) is 11.2. The Labute approximate surface area is 128 Å². The Bertz CT molecular complexity index is 680. The lowest BCUT2D eigenvalue weighted by atomic mass is 10.1. The summed E-state index contributed by atoms with van der Waals surface area (Å²) in [6.45, 7) is 6.52. The minimum atomic E-state index is -1.02. The molecular formula is C15H17ClN2O3. The van der Waals surface area contributed by atoms with Gasteiger partial charge in [-0.05, 0) is 38.5 Å². The number of hydrogen-bond donors (Lipinski definition) is 1. The molecule has 6 heteroatoms. The molecule has 0 unspecified atom stereocenters. The number of halogens is 1. The average Bonchev–Trinajstić information content (AvgIpc) is 2.71. The molecule has 0 radical (unpaired) electrons. The van der Waals surface area contributed by atoms with Crippen LogP contribution in [0, 0.1) is 13.8 Å². The molecule has 0 amide bonds. The highest BCUT2D eigenvalue weighted by Crippen LogP contribution is 2.25. The molecule has 0 aliphatic heterocycles. The van der Waals surface area contributed by atoms with Crippen molar-refractivity contribution >= 4 is 17.6 Å². The third-order valence-corrected chi connectivity index (χ3v) is 3.68. The third kappa shape index (κ3) is 3.19. The van der Waals surface area contributed by atoms with E-state index in [1.165, 1.54) is 6.07 Å². The fraction of sp³-hybridized carbons (Fsp3) is 0.333. The minimum absolute atomic E-state index is 0.135. The van der Waals surface area contributed by atoms with E-state index in [0.717, 1.165) is 17.0 Å². The van der Waals surface area contributed by atoms with Gasteiger partial charge in [-0.3, -0.25) is 4.68 Å². The molecule has 0 atom stereocenters. The van der Waals surface area contributed by atoms with Crippen molar-refractivity contribution in [2.45, 2.75) is 33.9 Å². The second-order valence-corrected chi connectivity index (χ2v) is 5.13. The van der Waals surface area contributed by atoms with Gasteiger partial charge in [-0.1, -0.05) is 17.7 Å². The molecule has 5 nitrogen and oxygen atoms in total. The zero-order chi connectivity index (χ0) is 15.6. The second kappa shape index (κ2) is 6.18. The van der Waals surface area contributed by atoms with Crippen molar-refractivity contribution in [3.63, 3.8) is 0 Å². The Morgan fingerprint density at radius 3 is 2.76 bits per heavy atom.